The number of nitrogens with zero attached hydrogens (tertiary/aromatic N) is 3. The van der Waals surface area contributed by atoms with E-state index >= 15 is 0 Å². The molecule has 0 spiro atoms. The third-order valence-corrected chi connectivity index (χ3v) is 13.2. The van der Waals surface area contributed by atoms with E-state index in [-0.39, 0.29) is 37.2 Å². The number of esters is 1. The molecule has 1 aromatic rings. The number of rotatable bonds is 16. The number of hydrogen-bond acceptors (Lipinski definition) is 10. The van der Waals surface area contributed by atoms with Crippen molar-refractivity contribution >= 4 is 32.1 Å². The SMILES string of the molecule is C=CCOC(=O)N[C@@H]1[C@@H](O[Si](C)(C)C(C)(C)C)[C@@H](OCc2ccc(OC)cc2)[C@@H](CN=[N+]=[N-])O[C@@H]1SCCCC(=O)OC. The van der Waals surface area contributed by atoms with Crippen LogP contribution in [0.15, 0.2) is 42.0 Å². The van der Waals surface area contributed by atoms with Crippen LogP contribution in [0.4, 0.5) is 4.79 Å². The van der Waals surface area contributed by atoms with E-state index in [1.807, 2.05) is 24.3 Å². The molecule has 1 saturated heterocycles. The maximum Gasteiger partial charge on any atom is 0.407 e. The lowest BCUT2D eigenvalue weighted by atomic mass is 9.97. The van der Waals surface area contributed by atoms with Crippen molar-refractivity contribution in [1.82, 2.24) is 5.32 Å². The molecule has 0 saturated carbocycles. The van der Waals surface area contributed by atoms with Crippen molar-refractivity contribution < 1.29 is 37.7 Å². The van der Waals surface area contributed by atoms with Gasteiger partial charge in [-0.05, 0) is 53.5 Å². The van der Waals surface area contributed by atoms with Gasteiger partial charge >= 0.3 is 12.1 Å². The number of thioether (sulfide) groups is 1. The van der Waals surface area contributed by atoms with Crippen molar-refractivity contribution in [3.8, 4) is 5.75 Å². The van der Waals surface area contributed by atoms with Gasteiger partial charge in [-0.3, -0.25) is 4.79 Å². The van der Waals surface area contributed by atoms with Crippen LogP contribution in [0.25, 0.3) is 10.4 Å². The van der Waals surface area contributed by atoms with E-state index in [4.69, 9.17) is 33.6 Å². The van der Waals surface area contributed by atoms with E-state index in [9.17, 15) is 9.59 Å². The number of amides is 1. The predicted octanol–water partition coefficient (Wildman–Crippen LogP) is 5.97. The summed E-state index contributed by atoms with van der Waals surface area (Å²) in [7, 11) is 0.497. The average molecular weight is 639 g/mol. The fraction of sp³-hybridized carbons (Fsp3) is 0.655. The van der Waals surface area contributed by atoms with Crippen LogP contribution in [0.2, 0.25) is 18.1 Å². The second-order valence-corrected chi connectivity index (χ2v) is 17.5. The standard InChI is InChI=1S/C29H46N4O8SSi/c1-9-16-38-28(35)32-24-26(41-43(7,8)29(2,3)4)25(39-19-20-12-14-21(36-5)15-13-20)22(18-31-33-30)40-27(24)42-17-10-11-23(34)37-6/h9,12-15,22,24-27H,1,10-11,16-19H2,2-8H3,(H,32,35)/t22-,24-,25+,26-,27-/m1/s1. The lowest BCUT2D eigenvalue weighted by Gasteiger charge is -2.50. The van der Waals surface area contributed by atoms with Crippen LogP contribution < -0.4 is 10.1 Å². The fourth-order valence-electron chi connectivity index (χ4n) is 4.07. The summed E-state index contributed by atoms with van der Waals surface area (Å²) in [4.78, 5) is 27.6. The van der Waals surface area contributed by atoms with Gasteiger partial charge in [0.05, 0.1) is 45.6 Å². The van der Waals surface area contributed by atoms with Gasteiger partial charge in [0.25, 0.3) is 0 Å². The predicted molar refractivity (Wildman–Crippen MR) is 168 cm³/mol. The molecule has 14 heteroatoms. The van der Waals surface area contributed by atoms with E-state index in [1.165, 1.54) is 24.9 Å². The molecule has 1 heterocycles. The van der Waals surface area contributed by atoms with Crippen molar-refractivity contribution in [2.45, 2.75) is 88.1 Å². The van der Waals surface area contributed by atoms with Crippen LogP contribution in [0.1, 0.15) is 39.2 Å². The molecule has 1 fully saturated rings. The lowest BCUT2D eigenvalue weighted by molar-refractivity contribution is -0.176. The molecule has 1 aromatic carbocycles. The lowest BCUT2D eigenvalue weighted by Crippen LogP contribution is -2.67. The van der Waals surface area contributed by atoms with Gasteiger partial charge in [-0.15, -0.1) is 11.8 Å². The highest BCUT2D eigenvalue weighted by atomic mass is 32.2. The summed E-state index contributed by atoms with van der Waals surface area (Å²) < 4.78 is 35.3. The third-order valence-electron chi connectivity index (χ3n) is 7.46. The topological polar surface area (TPSA) is 150 Å². The second-order valence-electron chi connectivity index (χ2n) is 11.5. The first-order valence-corrected chi connectivity index (χ1v) is 18.1. The second kappa shape index (κ2) is 17.5. The number of hydrogen-bond donors (Lipinski definition) is 1. The zero-order valence-corrected chi connectivity index (χ0v) is 28.1. The molecule has 1 aliphatic rings. The van der Waals surface area contributed by atoms with Crippen molar-refractivity contribution in [1.29, 1.82) is 0 Å². The molecular weight excluding hydrogens is 592 g/mol. The Morgan fingerprint density at radius 3 is 2.49 bits per heavy atom. The highest BCUT2D eigenvalue weighted by Gasteiger charge is 2.52. The van der Waals surface area contributed by atoms with Crippen molar-refractivity contribution in [2.75, 3.05) is 33.1 Å². The zero-order valence-electron chi connectivity index (χ0n) is 26.2. The quantitative estimate of drug-likeness (QED) is 0.0439. The first-order chi connectivity index (χ1) is 20.4. The van der Waals surface area contributed by atoms with E-state index in [0.717, 1.165) is 11.3 Å². The Morgan fingerprint density at radius 2 is 1.91 bits per heavy atom. The number of alkyl carbamates (subject to hydrolysis) is 1. The van der Waals surface area contributed by atoms with Gasteiger partial charge in [0.1, 0.15) is 23.9 Å². The molecule has 2 rings (SSSR count). The molecule has 0 aromatic heterocycles. The van der Waals surface area contributed by atoms with Crippen molar-refractivity contribution in [2.24, 2.45) is 5.11 Å². The van der Waals surface area contributed by atoms with Gasteiger partial charge in [0.2, 0.25) is 0 Å². The monoisotopic (exact) mass is 638 g/mol. The van der Waals surface area contributed by atoms with Gasteiger partial charge < -0.3 is 33.4 Å². The van der Waals surface area contributed by atoms with Gasteiger partial charge in [0.15, 0.2) is 8.32 Å². The maximum absolute atomic E-state index is 12.9. The Bertz CT molecular complexity index is 1090. The summed E-state index contributed by atoms with van der Waals surface area (Å²) in [5.41, 5.74) is 9.43. The van der Waals surface area contributed by atoms with E-state index in [0.29, 0.717) is 12.2 Å². The molecule has 0 radical (unpaired) electrons. The van der Waals surface area contributed by atoms with Gasteiger partial charge in [0, 0.05) is 11.3 Å². The normalized spacial score (nSPS) is 22.2. The van der Waals surface area contributed by atoms with Gasteiger partial charge in [-0.2, -0.15) is 0 Å². The number of nitrogens with one attached hydrogen (secondary N) is 1. The van der Waals surface area contributed by atoms with Crippen molar-refractivity contribution in [3.05, 3.63) is 52.9 Å². The van der Waals surface area contributed by atoms with Crippen LogP contribution in [0.5, 0.6) is 5.75 Å². The third kappa shape index (κ3) is 11.4. The summed E-state index contributed by atoms with van der Waals surface area (Å²) in [6.07, 6.45) is -0.452. The summed E-state index contributed by atoms with van der Waals surface area (Å²) in [6.45, 7) is 14.5. The Labute approximate surface area is 259 Å². The summed E-state index contributed by atoms with van der Waals surface area (Å²) >= 11 is 1.43. The Kier molecular flexibility index (Phi) is 14.9. The molecule has 240 valence electrons. The van der Waals surface area contributed by atoms with E-state index in [1.54, 1.807) is 7.11 Å². The number of carbonyl (C=O) groups is 2. The Hall–Kier alpha value is -2.74. The van der Waals surface area contributed by atoms with Crippen LogP contribution in [-0.4, -0.2) is 83.3 Å². The zero-order chi connectivity index (χ0) is 32.0. The highest BCUT2D eigenvalue weighted by Crippen LogP contribution is 2.41. The fourth-order valence-corrected chi connectivity index (χ4v) is 6.58. The average Bonchev–Trinajstić information content (AvgIpc) is 2.97. The van der Waals surface area contributed by atoms with Crippen LogP contribution >= 0.6 is 11.8 Å². The minimum atomic E-state index is -2.46. The van der Waals surface area contributed by atoms with Crippen LogP contribution in [0, 0.1) is 0 Å². The van der Waals surface area contributed by atoms with Gasteiger partial charge in [-0.1, -0.05) is 50.7 Å². The molecule has 1 amide bonds. The molecule has 5 atom stereocenters. The summed E-state index contributed by atoms with van der Waals surface area (Å²) in [6, 6.07) is 6.79. The Balaban J connectivity index is 2.50. The molecule has 12 nitrogen and oxygen atoms in total. The molecular formula is C29H46N4O8SSi. The first-order valence-electron chi connectivity index (χ1n) is 14.2. The van der Waals surface area contributed by atoms with Crippen molar-refractivity contribution in [3.63, 3.8) is 0 Å². The number of ether oxygens (including phenoxy) is 5. The molecule has 1 aliphatic heterocycles. The molecule has 0 bridgehead atoms. The summed E-state index contributed by atoms with van der Waals surface area (Å²) in [5.74, 6) is 0.956. The minimum Gasteiger partial charge on any atom is -0.497 e. The van der Waals surface area contributed by atoms with Crippen LogP contribution in [-0.2, 0) is 34.8 Å². The molecule has 0 aliphatic carbocycles. The number of benzene rings is 1. The number of carbonyl (C=O) groups excluding carboxylic acids is 2. The summed E-state index contributed by atoms with van der Waals surface area (Å²) in [5, 5.41) is 6.61. The largest absolute Gasteiger partial charge is 0.497 e. The number of methoxy groups -OCH3 is 2. The molecule has 1 N–H and O–H groups in total. The highest BCUT2D eigenvalue weighted by molar-refractivity contribution is 7.99. The van der Waals surface area contributed by atoms with E-state index in [2.05, 4.69) is 55.8 Å². The minimum absolute atomic E-state index is 0.00596. The van der Waals surface area contributed by atoms with E-state index < -0.39 is 44.2 Å². The molecule has 43 heavy (non-hydrogen) atoms. The maximum atomic E-state index is 12.9. The Morgan fingerprint density at radius 1 is 1.21 bits per heavy atom. The smallest absolute Gasteiger partial charge is 0.407 e. The molecule has 0 unspecified atom stereocenters. The van der Waals surface area contributed by atoms with Crippen LogP contribution in [0.3, 0.4) is 0 Å². The van der Waals surface area contributed by atoms with Gasteiger partial charge in [-0.25, -0.2) is 4.79 Å². The number of azide groups is 1. The first kappa shape index (κ1) is 36.4.